The Morgan fingerprint density at radius 1 is 0.571 bits per heavy atom. The third-order valence-corrected chi connectivity index (χ3v) is 4.87. The van der Waals surface area contributed by atoms with E-state index in [-0.39, 0.29) is 16.4 Å². The molecule has 162 valence electrons. The number of nitrogens with zero attached hydrogens (tertiary/aromatic N) is 2. The molecule has 2 aromatic rings. The number of hydrogen-bond donors (Lipinski definition) is 0. The van der Waals surface area contributed by atoms with Gasteiger partial charge in [0.15, 0.2) is 0 Å². The van der Waals surface area contributed by atoms with Crippen molar-refractivity contribution in [3.63, 3.8) is 0 Å². The standard InChI is InChI=1S/C13H22N.C10H16N.3H2O/c1-4-14(5-2,6-3)12-13-10-8-7-9-11-13;1-11(2,3)9-10-7-5-4-6-8-10;;;/h7-11H,4-6,12H2,1-3H3;4-8H,9H2,1-3H3;3*1H2/q2*+1;;;/p-2. The smallest absolute Gasteiger partial charge is 0.104 e. The first-order valence-corrected chi connectivity index (χ1v) is 9.57. The lowest BCUT2D eigenvalue weighted by molar-refractivity contribution is -0.936. The van der Waals surface area contributed by atoms with E-state index in [4.69, 9.17) is 0 Å². The molecule has 0 atom stereocenters. The molecule has 5 nitrogen and oxygen atoms in total. The molecule has 0 aliphatic heterocycles. The molecule has 0 heterocycles. The molecule has 4 N–H and O–H groups in total. The highest BCUT2D eigenvalue weighted by Crippen LogP contribution is 2.13. The second-order valence-electron chi connectivity index (χ2n) is 7.87. The van der Waals surface area contributed by atoms with Crippen molar-refractivity contribution < 1.29 is 25.4 Å². The van der Waals surface area contributed by atoms with E-state index in [0.717, 1.165) is 11.0 Å². The van der Waals surface area contributed by atoms with Gasteiger partial charge in [-0.2, -0.15) is 0 Å². The zero-order valence-electron chi connectivity index (χ0n) is 18.6. The fraction of sp³-hybridized carbons (Fsp3) is 0.478. The van der Waals surface area contributed by atoms with Crippen LogP contribution >= 0.6 is 0 Å². The van der Waals surface area contributed by atoms with E-state index in [1.165, 1.54) is 41.8 Å². The van der Waals surface area contributed by atoms with Gasteiger partial charge in [-0.3, -0.25) is 0 Å². The third kappa shape index (κ3) is 11.8. The van der Waals surface area contributed by atoms with E-state index in [9.17, 15) is 0 Å². The fourth-order valence-electron chi connectivity index (χ4n) is 3.11. The lowest BCUT2D eigenvalue weighted by Gasteiger charge is -2.35. The predicted molar refractivity (Wildman–Crippen MR) is 118 cm³/mol. The van der Waals surface area contributed by atoms with E-state index in [0.29, 0.717) is 0 Å². The Morgan fingerprint density at radius 3 is 1.18 bits per heavy atom. The number of quaternary nitrogens is 2. The van der Waals surface area contributed by atoms with E-state index in [1.54, 1.807) is 0 Å². The van der Waals surface area contributed by atoms with Crippen LogP contribution in [-0.2, 0) is 13.1 Å². The molecule has 0 spiro atoms. The fourth-order valence-corrected chi connectivity index (χ4v) is 3.11. The topological polar surface area (TPSA) is 91.5 Å². The van der Waals surface area contributed by atoms with Gasteiger partial charge in [-0.15, -0.1) is 0 Å². The average Bonchev–Trinajstić information content (AvgIpc) is 2.61. The van der Waals surface area contributed by atoms with Gasteiger partial charge in [-0.05, 0) is 20.8 Å². The zero-order chi connectivity index (χ0) is 18.8. The molecule has 0 amide bonds. The normalized spacial score (nSPS) is 10.4. The second-order valence-corrected chi connectivity index (χ2v) is 7.87. The highest BCUT2D eigenvalue weighted by Gasteiger charge is 2.20. The maximum absolute atomic E-state index is 2.29. The Morgan fingerprint density at radius 2 is 0.893 bits per heavy atom. The molecule has 0 bridgehead atoms. The summed E-state index contributed by atoms with van der Waals surface area (Å²) in [4.78, 5) is 0. The molecular weight excluding hydrogens is 352 g/mol. The van der Waals surface area contributed by atoms with Crippen LogP contribution in [-0.4, -0.2) is 66.2 Å². The molecule has 2 rings (SSSR count). The predicted octanol–water partition coefficient (Wildman–Crippen LogP) is 3.78. The van der Waals surface area contributed by atoms with Gasteiger partial charge < -0.3 is 25.4 Å². The Balaban J connectivity index is -0.000000412. The van der Waals surface area contributed by atoms with Crippen LogP contribution in [0.25, 0.3) is 0 Å². The number of benzene rings is 2. The lowest BCUT2D eigenvalue weighted by atomic mass is 10.2. The van der Waals surface area contributed by atoms with Crippen molar-refractivity contribution in [2.24, 2.45) is 0 Å². The van der Waals surface area contributed by atoms with Crippen molar-refractivity contribution in [1.29, 1.82) is 0 Å². The number of hydrogen-bond acceptors (Lipinski definition) is 2. The molecule has 28 heavy (non-hydrogen) atoms. The van der Waals surface area contributed by atoms with Gasteiger partial charge in [0.05, 0.1) is 40.8 Å². The largest absolute Gasteiger partial charge is 0.870 e. The molecule has 0 fully saturated rings. The van der Waals surface area contributed by atoms with Crippen LogP contribution in [0.3, 0.4) is 0 Å². The van der Waals surface area contributed by atoms with E-state index < -0.39 is 0 Å². The maximum Gasteiger partial charge on any atom is 0.104 e. The van der Waals surface area contributed by atoms with Crippen LogP contribution in [0, 0.1) is 0 Å². The Kier molecular flexibility index (Phi) is 16.8. The minimum atomic E-state index is 0. The molecule has 0 saturated heterocycles. The molecule has 0 unspecified atom stereocenters. The quantitative estimate of drug-likeness (QED) is 0.669. The lowest BCUT2D eigenvalue weighted by Crippen LogP contribution is -2.46. The van der Waals surface area contributed by atoms with Crippen molar-refractivity contribution in [1.82, 2.24) is 0 Å². The first-order chi connectivity index (χ1) is 11.8. The Bertz CT molecular complexity index is 572. The van der Waals surface area contributed by atoms with Crippen molar-refractivity contribution in [3.8, 4) is 0 Å². The molecular formula is C23H42N2O3. The van der Waals surface area contributed by atoms with Gasteiger partial charge in [-0.25, -0.2) is 0 Å². The molecule has 0 aromatic heterocycles. The summed E-state index contributed by atoms with van der Waals surface area (Å²) in [6.07, 6.45) is 0. The van der Waals surface area contributed by atoms with Gasteiger partial charge >= 0.3 is 0 Å². The molecule has 2 aromatic carbocycles. The van der Waals surface area contributed by atoms with Crippen LogP contribution in [0.5, 0.6) is 0 Å². The molecule has 0 aliphatic carbocycles. The third-order valence-electron chi connectivity index (χ3n) is 4.87. The van der Waals surface area contributed by atoms with Gasteiger partial charge in [-0.1, -0.05) is 60.7 Å². The highest BCUT2D eigenvalue weighted by atomic mass is 16.0. The highest BCUT2D eigenvalue weighted by molar-refractivity contribution is 5.14. The molecule has 0 radical (unpaired) electrons. The Labute approximate surface area is 172 Å². The van der Waals surface area contributed by atoms with Gasteiger partial charge in [0, 0.05) is 11.1 Å². The van der Waals surface area contributed by atoms with Gasteiger partial charge in [0.1, 0.15) is 13.1 Å². The minimum Gasteiger partial charge on any atom is -0.870 e. The van der Waals surface area contributed by atoms with Gasteiger partial charge in [0.2, 0.25) is 0 Å². The first kappa shape index (κ1) is 31.0. The van der Waals surface area contributed by atoms with E-state index in [1.807, 2.05) is 0 Å². The van der Waals surface area contributed by atoms with Crippen LogP contribution in [0.1, 0.15) is 31.9 Å². The van der Waals surface area contributed by atoms with Crippen molar-refractivity contribution >= 4 is 0 Å². The molecule has 0 aliphatic rings. The van der Waals surface area contributed by atoms with E-state index in [2.05, 4.69) is 103 Å². The van der Waals surface area contributed by atoms with Crippen molar-refractivity contribution in [2.45, 2.75) is 33.9 Å². The van der Waals surface area contributed by atoms with Crippen molar-refractivity contribution in [2.75, 3.05) is 40.8 Å². The summed E-state index contributed by atoms with van der Waals surface area (Å²) >= 11 is 0. The monoisotopic (exact) mass is 394 g/mol. The summed E-state index contributed by atoms with van der Waals surface area (Å²) in [5.41, 5.74) is 2.86. The Hall–Kier alpha value is -1.76. The molecule has 5 heteroatoms. The summed E-state index contributed by atoms with van der Waals surface area (Å²) in [5.74, 6) is 0. The second kappa shape index (κ2) is 15.2. The average molecular weight is 395 g/mol. The van der Waals surface area contributed by atoms with Crippen LogP contribution in [0.4, 0.5) is 0 Å². The first-order valence-electron chi connectivity index (χ1n) is 9.57. The van der Waals surface area contributed by atoms with Crippen molar-refractivity contribution in [3.05, 3.63) is 71.8 Å². The summed E-state index contributed by atoms with van der Waals surface area (Å²) in [5, 5.41) is 0. The number of rotatable bonds is 7. The van der Waals surface area contributed by atoms with Gasteiger partial charge in [0.25, 0.3) is 0 Å². The zero-order valence-corrected chi connectivity index (χ0v) is 18.6. The summed E-state index contributed by atoms with van der Waals surface area (Å²) < 4.78 is 2.19. The van der Waals surface area contributed by atoms with E-state index >= 15 is 0 Å². The summed E-state index contributed by atoms with van der Waals surface area (Å²) in [6.45, 7) is 12.8. The van der Waals surface area contributed by atoms with Crippen LogP contribution in [0.2, 0.25) is 0 Å². The summed E-state index contributed by atoms with van der Waals surface area (Å²) in [7, 11) is 6.60. The summed E-state index contributed by atoms with van der Waals surface area (Å²) in [6, 6.07) is 21.4. The van der Waals surface area contributed by atoms with Crippen LogP contribution < -0.4 is 0 Å². The molecule has 0 saturated carbocycles. The maximum atomic E-state index is 2.29. The minimum absolute atomic E-state index is 0. The SMILES string of the molecule is CC[N+](CC)(CC)Cc1ccccc1.C[N+](C)(C)Cc1ccccc1.O.[OH-].[OH-]. The van der Waals surface area contributed by atoms with Crippen LogP contribution in [0.15, 0.2) is 60.7 Å².